The van der Waals surface area contributed by atoms with Crippen molar-refractivity contribution in [3.8, 4) is 11.5 Å². The van der Waals surface area contributed by atoms with Gasteiger partial charge in [0.15, 0.2) is 11.5 Å². The first kappa shape index (κ1) is 20.7. The van der Waals surface area contributed by atoms with Crippen LogP contribution in [0, 0.1) is 0 Å². The van der Waals surface area contributed by atoms with E-state index in [1.807, 2.05) is 0 Å². The van der Waals surface area contributed by atoms with Gasteiger partial charge in [0.2, 0.25) is 0 Å². The smallest absolute Gasteiger partial charge is 0.296 e. The Hall–Kier alpha value is -3.52. The van der Waals surface area contributed by atoms with E-state index in [1.54, 1.807) is 42.5 Å². The number of halogens is 1. The first-order chi connectivity index (χ1) is 14.9. The van der Waals surface area contributed by atoms with Gasteiger partial charge in [0.1, 0.15) is 11.5 Å². The van der Waals surface area contributed by atoms with E-state index < -0.39 is 17.7 Å². The number of benzene rings is 2. The number of ketones is 1. The van der Waals surface area contributed by atoms with E-state index in [0.717, 1.165) is 4.47 Å². The van der Waals surface area contributed by atoms with Crippen molar-refractivity contribution in [3.05, 3.63) is 87.8 Å². The molecule has 8 heteroatoms. The van der Waals surface area contributed by atoms with Crippen LogP contribution < -0.4 is 4.74 Å². The van der Waals surface area contributed by atoms with Gasteiger partial charge in [-0.05, 0) is 42.0 Å². The second-order valence-corrected chi connectivity index (χ2v) is 7.86. The fraction of sp³-hybridized carbons (Fsp3) is 0.130. The van der Waals surface area contributed by atoms with Gasteiger partial charge in [0.05, 0.1) is 31.5 Å². The number of methoxy groups -OCH3 is 1. The van der Waals surface area contributed by atoms with Gasteiger partial charge in [-0.15, -0.1) is 0 Å². The average Bonchev–Trinajstić information content (AvgIpc) is 3.37. The van der Waals surface area contributed by atoms with E-state index in [-0.39, 0.29) is 29.4 Å². The number of ether oxygens (including phenoxy) is 1. The molecule has 31 heavy (non-hydrogen) atoms. The molecule has 1 aromatic heterocycles. The summed E-state index contributed by atoms with van der Waals surface area (Å²) in [5.74, 6) is -1.26. The molecule has 2 N–H and O–H groups in total. The van der Waals surface area contributed by atoms with Gasteiger partial charge in [-0.3, -0.25) is 9.59 Å². The van der Waals surface area contributed by atoms with Gasteiger partial charge in [0.25, 0.3) is 11.7 Å². The van der Waals surface area contributed by atoms with Gasteiger partial charge in [-0.25, -0.2) is 0 Å². The highest BCUT2D eigenvalue weighted by Gasteiger charge is 2.46. The molecule has 158 valence electrons. The Morgan fingerprint density at radius 3 is 2.55 bits per heavy atom. The minimum Gasteiger partial charge on any atom is -0.507 e. The summed E-state index contributed by atoms with van der Waals surface area (Å²) in [7, 11) is 1.40. The maximum atomic E-state index is 13.0. The Kier molecular flexibility index (Phi) is 5.56. The molecule has 1 amide bonds. The van der Waals surface area contributed by atoms with Gasteiger partial charge < -0.3 is 24.3 Å². The number of hydrogen-bond donors (Lipinski definition) is 2. The standard InChI is InChI=1S/C23H18BrNO6/c1-30-18-11-14(6-9-17(18)26)20-19(21(27)13-4-7-15(24)8-5-13)22(28)23(29)25(20)12-16-3-2-10-31-16/h2-11,20,26-27H,12H2,1H3/b21-19+. The summed E-state index contributed by atoms with van der Waals surface area (Å²) in [5.41, 5.74) is 0.848. The van der Waals surface area contributed by atoms with Crippen molar-refractivity contribution in [2.24, 2.45) is 0 Å². The molecule has 0 bridgehead atoms. The lowest BCUT2D eigenvalue weighted by molar-refractivity contribution is -0.140. The monoisotopic (exact) mass is 483 g/mol. The number of carbonyl (C=O) groups excluding carboxylic acids is 2. The fourth-order valence-electron chi connectivity index (χ4n) is 3.59. The summed E-state index contributed by atoms with van der Waals surface area (Å²) in [5, 5.41) is 21.0. The topological polar surface area (TPSA) is 100 Å². The fourth-order valence-corrected chi connectivity index (χ4v) is 3.85. The molecule has 2 aromatic carbocycles. The number of aliphatic hydroxyl groups is 1. The summed E-state index contributed by atoms with van der Waals surface area (Å²) in [6.45, 7) is 0.0303. The van der Waals surface area contributed by atoms with E-state index in [9.17, 15) is 19.8 Å². The van der Waals surface area contributed by atoms with Crippen LogP contribution in [0.25, 0.3) is 5.76 Å². The quantitative estimate of drug-likeness (QED) is 0.317. The number of aromatic hydroxyl groups is 1. The van der Waals surface area contributed by atoms with Crippen LogP contribution in [0.5, 0.6) is 11.5 Å². The SMILES string of the molecule is COc1cc(C2/C(=C(\O)c3ccc(Br)cc3)C(=O)C(=O)N2Cc2ccco2)ccc1O. The van der Waals surface area contributed by atoms with Crippen molar-refractivity contribution in [2.45, 2.75) is 12.6 Å². The molecule has 1 unspecified atom stereocenters. The highest BCUT2D eigenvalue weighted by Crippen LogP contribution is 2.42. The van der Waals surface area contributed by atoms with Gasteiger partial charge >= 0.3 is 0 Å². The molecule has 0 saturated carbocycles. The van der Waals surface area contributed by atoms with Crippen LogP contribution in [-0.2, 0) is 16.1 Å². The van der Waals surface area contributed by atoms with Crippen LogP contribution in [0.4, 0.5) is 0 Å². The normalized spacial score (nSPS) is 17.9. The molecule has 0 aliphatic carbocycles. The number of likely N-dealkylation sites (tertiary alicyclic amines) is 1. The van der Waals surface area contributed by atoms with Crippen molar-refractivity contribution in [2.75, 3.05) is 7.11 Å². The third kappa shape index (κ3) is 3.82. The van der Waals surface area contributed by atoms with E-state index in [0.29, 0.717) is 16.9 Å². The zero-order valence-electron chi connectivity index (χ0n) is 16.4. The largest absolute Gasteiger partial charge is 0.507 e. The lowest BCUT2D eigenvalue weighted by atomic mass is 9.95. The Balaban J connectivity index is 1.89. The molecule has 0 radical (unpaired) electrons. The molecule has 1 fully saturated rings. The van der Waals surface area contributed by atoms with Crippen LogP contribution in [0.2, 0.25) is 0 Å². The zero-order chi connectivity index (χ0) is 22.1. The Morgan fingerprint density at radius 1 is 1.16 bits per heavy atom. The summed E-state index contributed by atoms with van der Waals surface area (Å²) >= 11 is 3.34. The molecule has 1 saturated heterocycles. The first-order valence-electron chi connectivity index (χ1n) is 9.34. The molecule has 4 rings (SSSR count). The lowest BCUT2D eigenvalue weighted by Crippen LogP contribution is -2.29. The number of hydrogen-bond acceptors (Lipinski definition) is 6. The van der Waals surface area contributed by atoms with Crippen molar-refractivity contribution < 1.29 is 29.0 Å². The van der Waals surface area contributed by atoms with Crippen LogP contribution in [0.3, 0.4) is 0 Å². The van der Waals surface area contributed by atoms with E-state index in [2.05, 4.69) is 15.9 Å². The third-order valence-electron chi connectivity index (χ3n) is 5.08. The number of rotatable bonds is 5. The Labute approximate surface area is 186 Å². The molecule has 2 heterocycles. The summed E-state index contributed by atoms with van der Waals surface area (Å²) < 4.78 is 11.4. The third-order valence-corrected chi connectivity index (χ3v) is 5.61. The number of aliphatic hydroxyl groups excluding tert-OH is 1. The Bertz CT molecular complexity index is 1170. The van der Waals surface area contributed by atoms with E-state index in [4.69, 9.17) is 9.15 Å². The minimum atomic E-state index is -0.900. The second-order valence-electron chi connectivity index (χ2n) is 6.94. The average molecular weight is 484 g/mol. The maximum absolute atomic E-state index is 13.0. The predicted molar refractivity (Wildman–Crippen MR) is 115 cm³/mol. The number of phenolic OH excluding ortho intramolecular Hbond substituents is 1. The van der Waals surface area contributed by atoms with E-state index in [1.165, 1.54) is 30.4 Å². The highest BCUT2D eigenvalue weighted by molar-refractivity contribution is 9.10. The number of furan rings is 1. The molecular weight excluding hydrogens is 466 g/mol. The first-order valence-corrected chi connectivity index (χ1v) is 10.1. The van der Waals surface area contributed by atoms with Crippen LogP contribution in [-0.4, -0.2) is 33.9 Å². The number of phenols is 1. The Morgan fingerprint density at radius 2 is 1.90 bits per heavy atom. The molecule has 1 aliphatic rings. The van der Waals surface area contributed by atoms with Crippen molar-refractivity contribution in [1.29, 1.82) is 0 Å². The van der Waals surface area contributed by atoms with Crippen LogP contribution in [0.15, 0.2) is 75.3 Å². The summed E-state index contributed by atoms with van der Waals surface area (Å²) in [4.78, 5) is 27.3. The number of carbonyl (C=O) groups is 2. The van der Waals surface area contributed by atoms with E-state index >= 15 is 0 Å². The molecule has 1 atom stereocenters. The van der Waals surface area contributed by atoms with Crippen LogP contribution in [0.1, 0.15) is 22.9 Å². The number of amides is 1. The molecular formula is C23H18BrNO6. The minimum absolute atomic E-state index is 0.0303. The second kappa shape index (κ2) is 8.31. The predicted octanol–water partition coefficient (Wildman–Crippen LogP) is 4.38. The molecule has 3 aromatic rings. The van der Waals surface area contributed by atoms with Crippen molar-refractivity contribution in [3.63, 3.8) is 0 Å². The zero-order valence-corrected chi connectivity index (χ0v) is 18.0. The molecule has 7 nitrogen and oxygen atoms in total. The van der Waals surface area contributed by atoms with Gasteiger partial charge in [-0.1, -0.05) is 34.1 Å². The van der Waals surface area contributed by atoms with Gasteiger partial charge in [-0.2, -0.15) is 0 Å². The molecule has 1 aliphatic heterocycles. The number of Topliss-reactive ketones (excluding diaryl/α,β-unsaturated/α-hetero) is 1. The van der Waals surface area contributed by atoms with Gasteiger partial charge in [0, 0.05) is 10.0 Å². The van der Waals surface area contributed by atoms with Crippen molar-refractivity contribution in [1.82, 2.24) is 4.90 Å². The highest BCUT2D eigenvalue weighted by atomic mass is 79.9. The maximum Gasteiger partial charge on any atom is 0.296 e. The summed E-state index contributed by atoms with van der Waals surface area (Å²) in [6.07, 6.45) is 1.48. The summed E-state index contributed by atoms with van der Waals surface area (Å²) in [6, 6.07) is 13.8. The lowest BCUT2D eigenvalue weighted by Gasteiger charge is -2.25. The molecule has 0 spiro atoms. The number of nitrogens with zero attached hydrogens (tertiary/aromatic N) is 1. The van der Waals surface area contributed by atoms with Crippen molar-refractivity contribution >= 4 is 33.4 Å². The van der Waals surface area contributed by atoms with Crippen LogP contribution >= 0.6 is 15.9 Å².